The molecule has 0 aliphatic heterocycles. The van der Waals surface area contributed by atoms with Crippen molar-refractivity contribution in [2.75, 3.05) is 20.3 Å². The van der Waals surface area contributed by atoms with Crippen LogP contribution in [0, 0.1) is 5.92 Å². The van der Waals surface area contributed by atoms with Gasteiger partial charge >= 0.3 is 13.8 Å². The van der Waals surface area contributed by atoms with Crippen LogP contribution in [-0.4, -0.2) is 26.3 Å². The van der Waals surface area contributed by atoms with Gasteiger partial charge in [0.25, 0.3) is 0 Å². The van der Waals surface area contributed by atoms with Crippen molar-refractivity contribution >= 4 is 13.8 Å². The molecule has 0 unspecified atom stereocenters. The van der Waals surface area contributed by atoms with E-state index in [-0.39, 0.29) is 19.0 Å². The van der Waals surface area contributed by atoms with Gasteiger partial charge in [0.2, 0.25) is 0 Å². The summed E-state index contributed by atoms with van der Waals surface area (Å²) in [5.41, 5.74) is 0. The summed E-state index contributed by atoms with van der Waals surface area (Å²) in [5.74, 6) is 0.405. The molecule has 0 amide bonds. The summed E-state index contributed by atoms with van der Waals surface area (Å²) < 4.78 is 32.3. The second kappa shape index (κ2) is 8.45. The second-order valence-electron chi connectivity index (χ2n) is 4.49. The largest absolute Gasteiger partial charge is 0.529 e. The molecule has 1 rings (SSSR count). The van der Waals surface area contributed by atoms with Crippen LogP contribution in [0.3, 0.4) is 0 Å². The molecule has 0 aromatic carbocycles. The fourth-order valence-electron chi connectivity index (χ4n) is 1.64. The molecular weight excluding hydrogens is 283 g/mol. The lowest BCUT2D eigenvalue weighted by molar-refractivity contribution is -0.135. The van der Waals surface area contributed by atoms with Gasteiger partial charge in [0.1, 0.15) is 5.76 Å². The minimum Gasteiger partial charge on any atom is -0.466 e. The minimum atomic E-state index is -3.66. The molecule has 6 nitrogen and oxygen atoms in total. The number of methoxy groups -OCH3 is 1. The van der Waals surface area contributed by atoms with E-state index < -0.39 is 13.8 Å². The molecule has 1 fully saturated rings. The molecule has 7 heteroatoms. The number of ether oxygens (including phenoxy) is 1. The van der Waals surface area contributed by atoms with E-state index in [2.05, 4.69) is 4.74 Å². The second-order valence-corrected chi connectivity index (χ2v) is 6.08. The molecule has 116 valence electrons. The summed E-state index contributed by atoms with van der Waals surface area (Å²) in [6, 6.07) is 0. The molecule has 0 aromatic rings. The Balaban J connectivity index is 2.70. The predicted octanol–water partition coefficient (Wildman–Crippen LogP) is 3.43. The highest BCUT2D eigenvalue weighted by Crippen LogP contribution is 2.52. The van der Waals surface area contributed by atoms with Crippen molar-refractivity contribution < 1.29 is 27.7 Å². The van der Waals surface area contributed by atoms with Crippen LogP contribution in [-0.2, 0) is 27.7 Å². The van der Waals surface area contributed by atoms with Gasteiger partial charge in [-0.15, -0.1) is 0 Å². The van der Waals surface area contributed by atoms with Gasteiger partial charge in [-0.3, -0.25) is 9.05 Å². The first-order valence-electron chi connectivity index (χ1n) is 6.90. The van der Waals surface area contributed by atoms with Gasteiger partial charge in [-0.2, -0.15) is 0 Å². The van der Waals surface area contributed by atoms with Crippen molar-refractivity contribution in [1.82, 2.24) is 0 Å². The van der Waals surface area contributed by atoms with E-state index >= 15 is 0 Å². The number of rotatable bonds is 10. The summed E-state index contributed by atoms with van der Waals surface area (Å²) in [5, 5.41) is 0. The first-order valence-corrected chi connectivity index (χ1v) is 8.36. The van der Waals surface area contributed by atoms with Crippen molar-refractivity contribution in [1.29, 1.82) is 0 Å². The molecule has 0 spiro atoms. The number of hydrogen-bond acceptors (Lipinski definition) is 6. The number of allylic oxidation sites excluding steroid dienone is 1. The summed E-state index contributed by atoms with van der Waals surface area (Å²) in [7, 11) is -2.38. The molecule has 0 aromatic heterocycles. The zero-order valence-electron chi connectivity index (χ0n) is 12.3. The molecule has 20 heavy (non-hydrogen) atoms. The van der Waals surface area contributed by atoms with Gasteiger partial charge in [0.15, 0.2) is 0 Å². The Morgan fingerprint density at radius 2 is 1.85 bits per heavy atom. The van der Waals surface area contributed by atoms with Crippen LogP contribution in [0.2, 0.25) is 0 Å². The van der Waals surface area contributed by atoms with Crippen LogP contribution >= 0.6 is 7.82 Å². The summed E-state index contributed by atoms with van der Waals surface area (Å²) in [6.07, 6.45) is 5.00. The number of hydrogen-bond donors (Lipinski definition) is 0. The third-order valence-electron chi connectivity index (χ3n) is 2.78. The molecule has 0 heterocycles. The van der Waals surface area contributed by atoms with Crippen molar-refractivity contribution in [2.24, 2.45) is 5.92 Å². The highest BCUT2D eigenvalue weighted by Gasteiger charge is 2.30. The lowest BCUT2D eigenvalue weighted by Crippen LogP contribution is -2.04. The van der Waals surface area contributed by atoms with Crippen molar-refractivity contribution in [3.05, 3.63) is 11.8 Å². The Hall–Kier alpha value is -0.840. The third-order valence-corrected chi connectivity index (χ3v) is 4.39. The maximum absolute atomic E-state index is 12.3. The lowest BCUT2D eigenvalue weighted by atomic mass is 10.2. The Morgan fingerprint density at radius 3 is 2.30 bits per heavy atom. The van der Waals surface area contributed by atoms with E-state index in [9.17, 15) is 9.36 Å². The van der Waals surface area contributed by atoms with Crippen LogP contribution in [0.4, 0.5) is 0 Å². The van der Waals surface area contributed by atoms with Crippen LogP contribution < -0.4 is 0 Å². The van der Waals surface area contributed by atoms with Crippen LogP contribution in [0.15, 0.2) is 11.8 Å². The molecular formula is C13H23O6P. The number of carbonyl (C=O) groups is 1. The molecule has 0 saturated heterocycles. The number of carbonyl (C=O) groups excluding carboxylic acids is 1. The maximum Gasteiger partial charge on any atom is 0.529 e. The van der Waals surface area contributed by atoms with Gasteiger partial charge in [-0.05, 0) is 26.2 Å². The molecule has 0 bridgehead atoms. The third kappa shape index (κ3) is 6.55. The van der Waals surface area contributed by atoms with Gasteiger partial charge in [0, 0.05) is 6.42 Å². The van der Waals surface area contributed by atoms with Crippen molar-refractivity contribution in [3.63, 3.8) is 0 Å². The summed E-state index contributed by atoms with van der Waals surface area (Å²) in [4.78, 5) is 11.3. The zero-order chi connectivity index (χ0) is 15.0. The maximum atomic E-state index is 12.3. The normalized spacial score (nSPS) is 16.1. The van der Waals surface area contributed by atoms with Gasteiger partial charge < -0.3 is 9.26 Å². The molecule has 0 N–H and O–H groups in total. The van der Waals surface area contributed by atoms with Gasteiger partial charge in [-0.1, -0.05) is 12.8 Å². The molecule has 1 aliphatic carbocycles. The molecule has 0 radical (unpaired) electrons. The first kappa shape index (κ1) is 17.2. The average molecular weight is 306 g/mol. The average Bonchev–Trinajstić information content (AvgIpc) is 3.20. The molecule has 0 atom stereocenters. The van der Waals surface area contributed by atoms with E-state index in [1.54, 1.807) is 13.8 Å². The fourth-order valence-corrected chi connectivity index (χ4v) is 2.88. The quantitative estimate of drug-likeness (QED) is 0.266. The highest BCUT2D eigenvalue weighted by atomic mass is 31.2. The van der Waals surface area contributed by atoms with E-state index in [4.69, 9.17) is 13.6 Å². The van der Waals surface area contributed by atoms with Gasteiger partial charge in [-0.25, -0.2) is 9.36 Å². The molecule has 1 saturated carbocycles. The number of phosphoric acid groups is 1. The smallest absolute Gasteiger partial charge is 0.466 e. The van der Waals surface area contributed by atoms with Crippen molar-refractivity contribution in [3.8, 4) is 0 Å². The topological polar surface area (TPSA) is 71.1 Å². The zero-order valence-corrected chi connectivity index (χ0v) is 13.2. The van der Waals surface area contributed by atoms with Crippen molar-refractivity contribution in [2.45, 2.75) is 39.5 Å². The SMILES string of the molecule is CCOP(=O)(OCC)O/C(=C/C(=O)OC)CCC1CC1. The van der Waals surface area contributed by atoms with Gasteiger partial charge in [0.05, 0.1) is 26.4 Å². The number of phosphoric ester groups is 1. The predicted molar refractivity (Wildman–Crippen MR) is 74.0 cm³/mol. The lowest BCUT2D eigenvalue weighted by Gasteiger charge is -2.19. The standard InChI is InChI=1S/C13H23O6P/c1-4-17-20(15,18-5-2)19-12(10-13(14)16-3)9-8-11-6-7-11/h10-11H,4-9H2,1-3H3/b12-10+. The molecule has 1 aliphatic rings. The van der Waals surface area contributed by atoms with Crippen LogP contribution in [0.25, 0.3) is 0 Å². The highest BCUT2D eigenvalue weighted by molar-refractivity contribution is 7.48. The minimum absolute atomic E-state index is 0.200. The van der Waals surface area contributed by atoms with E-state index in [1.807, 2.05) is 0 Å². The van der Waals surface area contributed by atoms with Crippen LogP contribution in [0.1, 0.15) is 39.5 Å². The monoisotopic (exact) mass is 306 g/mol. The Kier molecular flexibility index (Phi) is 7.27. The number of esters is 1. The Labute approximate surface area is 120 Å². The van der Waals surface area contributed by atoms with E-state index in [0.29, 0.717) is 12.3 Å². The first-order chi connectivity index (χ1) is 9.53. The van der Waals surface area contributed by atoms with E-state index in [0.717, 1.165) is 6.42 Å². The fraction of sp³-hybridized carbons (Fsp3) is 0.769. The Bertz CT molecular complexity index is 378. The Morgan fingerprint density at radius 1 is 1.25 bits per heavy atom. The summed E-state index contributed by atoms with van der Waals surface area (Å²) in [6.45, 7) is 3.79. The van der Waals surface area contributed by atoms with Crippen LogP contribution in [0.5, 0.6) is 0 Å². The van der Waals surface area contributed by atoms with E-state index in [1.165, 1.54) is 26.0 Å². The summed E-state index contributed by atoms with van der Waals surface area (Å²) >= 11 is 0.